The van der Waals surface area contributed by atoms with Gasteiger partial charge in [0.25, 0.3) is 0 Å². The Hall–Kier alpha value is -1.51. The van der Waals surface area contributed by atoms with Crippen molar-refractivity contribution in [1.82, 2.24) is 9.71 Å². The second kappa shape index (κ2) is 1.73. The van der Waals surface area contributed by atoms with Crippen molar-refractivity contribution >= 4 is 0 Å². The summed E-state index contributed by atoms with van der Waals surface area (Å²) in [4.78, 5) is 3.80. The van der Waals surface area contributed by atoms with Crippen LogP contribution in [0.3, 0.4) is 0 Å². The van der Waals surface area contributed by atoms with Crippen molar-refractivity contribution in [2.45, 2.75) is 0 Å². The Labute approximate surface area is 57.9 Å². The smallest absolute Gasteiger partial charge is 0.132 e. The second-order valence-corrected chi connectivity index (χ2v) is 2.10. The largest absolute Gasteiger partial charge is 0.427 e. The van der Waals surface area contributed by atoms with Gasteiger partial charge in [-0.15, -0.1) is 0 Å². The Kier molecular flexibility index (Phi) is 0.917. The molecule has 0 radical (unpaired) electrons. The summed E-state index contributed by atoms with van der Waals surface area (Å²) in [6.07, 6.45) is 3.07. The summed E-state index contributed by atoms with van der Waals surface area (Å²) in [6, 6.07) is 5.60. The first-order chi connectivity index (χ1) is 4.88. The molecule has 1 N–H and O–H groups in total. The molecule has 1 heterocycles. The monoisotopic (exact) mass is 134 g/mol. The van der Waals surface area contributed by atoms with Crippen LogP contribution in [0.2, 0.25) is 0 Å². The molecule has 0 amide bonds. The summed E-state index contributed by atoms with van der Waals surface area (Å²) in [5.41, 5.74) is 1.74. The molecule has 2 aliphatic rings. The van der Waals surface area contributed by atoms with Crippen molar-refractivity contribution in [3.8, 4) is 11.3 Å². The van der Waals surface area contributed by atoms with Crippen LogP contribution in [-0.2, 0) is 0 Å². The summed E-state index contributed by atoms with van der Waals surface area (Å²) >= 11 is 0. The first kappa shape index (κ1) is 5.29. The van der Waals surface area contributed by atoms with Crippen LogP contribution in [0.1, 0.15) is 0 Å². The van der Waals surface area contributed by atoms with Crippen LogP contribution in [0.4, 0.5) is 0 Å². The van der Waals surface area contributed by atoms with E-state index in [2.05, 4.69) is 4.98 Å². The average Bonchev–Trinajstić information content (AvgIpc) is 2.36. The van der Waals surface area contributed by atoms with Gasteiger partial charge in [0.15, 0.2) is 0 Å². The maximum absolute atomic E-state index is 9.11. The summed E-state index contributed by atoms with van der Waals surface area (Å²) in [7, 11) is 0. The minimum atomic E-state index is 0.787. The molecule has 3 heteroatoms. The maximum Gasteiger partial charge on any atom is 0.132 e. The lowest BCUT2D eigenvalue weighted by molar-refractivity contribution is 0.185. The average molecular weight is 134 g/mol. The van der Waals surface area contributed by atoms with Crippen LogP contribution in [0.15, 0.2) is 30.7 Å². The summed E-state index contributed by atoms with van der Waals surface area (Å²) < 4.78 is 1.01. The molecule has 50 valence electrons. The standard InChI is InChI=1S/C7H6N2O/c10-9-5-8-4-6-2-1-3-7(6)9/h1-5,10H. The number of hydrogen-bond acceptors (Lipinski definition) is 2. The Bertz CT molecular complexity index is 315. The first-order valence-corrected chi connectivity index (χ1v) is 2.98. The van der Waals surface area contributed by atoms with E-state index < -0.39 is 0 Å². The maximum atomic E-state index is 9.11. The zero-order valence-corrected chi connectivity index (χ0v) is 5.23. The SMILES string of the molecule is On1cncc2cccc1-2. The topological polar surface area (TPSA) is 38.0 Å². The van der Waals surface area contributed by atoms with Crippen molar-refractivity contribution < 1.29 is 5.21 Å². The highest BCUT2D eigenvalue weighted by Crippen LogP contribution is 2.18. The van der Waals surface area contributed by atoms with Gasteiger partial charge >= 0.3 is 0 Å². The van der Waals surface area contributed by atoms with Crippen LogP contribution >= 0.6 is 0 Å². The van der Waals surface area contributed by atoms with Gasteiger partial charge in [-0.3, -0.25) is 0 Å². The summed E-state index contributed by atoms with van der Waals surface area (Å²) in [5, 5.41) is 9.11. The van der Waals surface area contributed by atoms with Gasteiger partial charge in [0, 0.05) is 11.8 Å². The molecule has 0 atom stereocenters. The third-order valence-corrected chi connectivity index (χ3v) is 1.46. The second-order valence-electron chi connectivity index (χ2n) is 2.10. The number of rotatable bonds is 0. The lowest BCUT2D eigenvalue weighted by atomic mass is 10.3. The van der Waals surface area contributed by atoms with E-state index in [4.69, 9.17) is 5.21 Å². The van der Waals surface area contributed by atoms with Gasteiger partial charge < -0.3 is 5.21 Å². The molecule has 3 nitrogen and oxygen atoms in total. The quantitative estimate of drug-likeness (QED) is 0.550. The molecule has 1 aliphatic carbocycles. The number of fused-ring (bicyclic) bond motifs is 1. The summed E-state index contributed by atoms with van der Waals surface area (Å²) in [6.45, 7) is 0. The van der Waals surface area contributed by atoms with Crippen molar-refractivity contribution in [3.63, 3.8) is 0 Å². The zero-order valence-electron chi connectivity index (χ0n) is 5.23. The zero-order chi connectivity index (χ0) is 6.97. The van der Waals surface area contributed by atoms with Crippen LogP contribution in [-0.4, -0.2) is 14.9 Å². The molecule has 1 aliphatic heterocycles. The molecule has 0 fully saturated rings. The van der Waals surface area contributed by atoms with Gasteiger partial charge in [-0.25, -0.2) is 4.98 Å². The molecule has 0 unspecified atom stereocenters. The van der Waals surface area contributed by atoms with E-state index in [1.807, 2.05) is 18.2 Å². The molecule has 0 bridgehead atoms. The normalized spacial score (nSPS) is 10.4. The highest BCUT2D eigenvalue weighted by atomic mass is 16.5. The minimum Gasteiger partial charge on any atom is -0.427 e. The van der Waals surface area contributed by atoms with Gasteiger partial charge in [-0.1, -0.05) is 12.1 Å². The molecule has 0 spiro atoms. The van der Waals surface area contributed by atoms with Gasteiger partial charge in [0.1, 0.15) is 6.33 Å². The first-order valence-electron chi connectivity index (χ1n) is 2.98. The van der Waals surface area contributed by atoms with Gasteiger partial charge in [-0.05, 0) is 6.07 Å². The molecule has 2 rings (SSSR count). The van der Waals surface area contributed by atoms with Crippen molar-refractivity contribution in [2.75, 3.05) is 0 Å². The molecule has 10 heavy (non-hydrogen) atoms. The fourth-order valence-corrected chi connectivity index (χ4v) is 0.981. The Morgan fingerprint density at radius 2 is 2.30 bits per heavy atom. The minimum absolute atomic E-state index is 0.787. The predicted octanol–water partition coefficient (Wildman–Crippen LogP) is 1.23. The number of nitrogens with zero attached hydrogens (tertiary/aromatic N) is 2. The molecular formula is C7H6N2O. The lowest BCUT2D eigenvalue weighted by Gasteiger charge is -2.01. The fourth-order valence-electron chi connectivity index (χ4n) is 0.981. The molecular weight excluding hydrogens is 128 g/mol. The van der Waals surface area contributed by atoms with E-state index in [-0.39, 0.29) is 0 Å². The van der Waals surface area contributed by atoms with Crippen molar-refractivity contribution in [3.05, 3.63) is 30.7 Å². The fraction of sp³-hybridized carbons (Fsp3) is 0. The molecule has 0 aromatic rings. The molecule has 0 aromatic carbocycles. The number of aromatic nitrogens is 2. The van der Waals surface area contributed by atoms with Crippen LogP contribution in [0, 0.1) is 0 Å². The summed E-state index contributed by atoms with van der Waals surface area (Å²) in [5.74, 6) is 0. The van der Waals surface area contributed by atoms with Crippen molar-refractivity contribution in [2.24, 2.45) is 0 Å². The molecule has 0 saturated heterocycles. The third-order valence-electron chi connectivity index (χ3n) is 1.46. The predicted molar refractivity (Wildman–Crippen MR) is 36.0 cm³/mol. The highest BCUT2D eigenvalue weighted by molar-refractivity contribution is 5.60. The Morgan fingerprint density at radius 1 is 1.40 bits per heavy atom. The van der Waals surface area contributed by atoms with Crippen LogP contribution in [0.5, 0.6) is 0 Å². The Morgan fingerprint density at radius 3 is 3.10 bits per heavy atom. The lowest BCUT2D eigenvalue weighted by Crippen LogP contribution is -1.96. The van der Waals surface area contributed by atoms with E-state index >= 15 is 0 Å². The van der Waals surface area contributed by atoms with E-state index in [1.165, 1.54) is 6.33 Å². The molecule has 0 aromatic heterocycles. The van der Waals surface area contributed by atoms with Crippen molar-refractivity contribution in [1.29, 1.82) is 0 Å². The van der Waals surface area contributed by atoms with E-state index in [1.54, 1.807) is 6.20 Å². The van der Waals surface area contributed by atoms with Gasteiger partial charge in [0.05, 0.1) is 5.69 Å². The Balaban J connectivity index is 2.80. The highest BCUT2D eigenvalue weighted by Gasteiger charge is 2.03. The number of hydrogen-bond donors (Lipinski definition) is 1. The van der Waals surface area contributed by atoms with Gasteiger partial charge in [0.2, 0.25) is 0 Å². The van der Waals surface area contributed by atoms with E-state index in [0.717, 1.165) is 16.0 Å². The van der Waals surface area contributed by atoms with Crippen LogP contribution in [0.25, 0.3) is 11.3 Å². The van der Waals surface area contributed by atoms with E-state index in [0.29, 0.717) is 0 Å². The molecule has 0 saturated carbocycles. The van der Waals surface area contributed by atoms with Gasteiger partial charge in [-0.2, -0.15) is 4.73 Å². The van der Waals surface area contributed by atoms with Crippen LogP contribution < -0.4 is 0 Å². The van der Waals surface area contributed by atoms with E-state index in [9.17, 15) is 0 Å². The third kappa shape index (κ3) is 0.572.